The number of carboxylic acids is 2. The molecule has 0 atom stereocenters. The molecule has 0 fully saturated rings. The number of rotatable bonds is 0. The van der Waals surface area contributed by atoms with E-state index in [0.717, 1.165) is 64.3 Å². The first-order valence-electron chi connectivity index (χ1n) is 11.9. The number of fused-ring (bicyclic) bond motifs is 12. The van der Waals surface area contributed by atoms with Gasteiger partial charge < -0.3 is 15.0 Å². The number of benzene rings is 3. The average Bonchev–Trinajstić information content (AvgIpc) is 3.53. The van der Waals surface area contributed by atoms with Gasteiger partial charge in [-0.2, -0.15) is 0 Å². The normalized spacial score (nSPS) is 10.6. The molecule has 7 aromatic rings. The van der Waals surface area contributed by atoms with Crippen molar-refractivity contribution in [3.05, 3.63) is 72.8 Å². The van der Waals surface area contributed by atoms with Gasteiger partial charge >= 0.3 is 0 Å². The van der Waals surface area contributed by atoms with Crippen LogP contribution in [0.15, 0.2) is 72.8 Å². The Hall–Kier alpha value is -5.32. The van der Waals surface area contributed by atoms with Crippen molar-refractivity contribution in [2.75, 3.05) is 0 Å². The summed E-state index contributed by atoms with van der Waals surface area (Å²) in [5.41, 5.74) is 5.93. The topological polar surface area (TPSA) is 144 Å². The van der Waals surface area contributed by atoms with E-state index in [1.54, 1.807) is 0 Å². The number of carbonyl (C=O) groups excluding carboxylic acids is 1. The third-order valence-electron chi connectivity index (χ3n) is 5.23. The molecule has 0 radical (unpaired) electrons. The van der Waals surface area contributed by atoms with Gasteiger partial charge in [0.2, 0.25) is 17.3 Å². The minimum atomic E-state index is -0.833. The average molecular weight is 527 g/mol. The molecule has 0 spiro atoms. The molecule has 0 aliphatic heterocycles. The maximum atomic E-state index is 9.44. The van der Waals surface area contributed by atoms with Gasteiger partial charge in [0.15, 0.2) is 0 Å². The number of aromatic nitrogens is 6. The summed E-state index contributed by atoms with van der Waals surface area (Å²) in [7, 11) is 0. The Morgan fingerprint density at radius 3 is 0.949 bits per heavy atom. The standard InChI is InChI=1S/C21H12N6.C3H6O.2C2H4O2/c1-4-10-16-13(7-1)22-19-25(16)20-23-15-9-3-6-12-18(15)27(20)21-24-14-8-2-5-11-17(14)26(19)21;1-3(2)4;2*1-2(3)4/h1-12H;1-2H3;2*1H3,(H,3,4). The molecular formula is C28H26N6O5. The molecule has 0 unspecified atom stereocenters. The van der Waals surface area contributed by atoms with E-state index in [0.29, 0.717) is 0 Å². The van der Waals surface area contributed by atoms with Gasteiger partial charge in [-0.15, -0.1) is 0 Å². The van der Waals surface area contributed by atoms with E-state index in [4.69, 9.17) is 34.8 Å². The van der Waals surface area contributed by atoms with Gasteiger partial charge in [0.25, 0.3) is 11.9 Å². The third kappa shape index (κ3) is 5.37. The predicted molar refractivity (Wildman–Crippen MR) is 148 cm³/mol. The van der Waals surface area contributed by atoms with Gasteiger partial charge in [-0.25, -0.2) is 28.2 Å². The van der Waals surface area contributed by atoms with Crippen LogP contribution in [0.4, 0.5) is 0 Å². The summed E-state index contributed by atoms with van der Waals surface area (Å²) in [4.78, 5) is 42.2. The van der Waals surface area contributed by atoms with Gasteiger partial charge in [0.1, 0.15) is 5.78 Å². The molecule has 0 saturated heterocycles. The first kappa shape index (κ1) is 26.7. The lowest BCUT2D eigenvalue weighted by molar-refractivity contribution is -0.135. The number of hydrogen-bond acceptors (Lipinski definition) is 6. The Morgan fingerprint density at radius 1 is 0.513 bits per heavy atom. The van der Waals surface area contributed by atoms with Gasteiger partial charge in [-0.3, -0.25) is 9.59 Å². The van der Waals surface area contributed by atoms with Crippen molar-refractivity contribution < 1.29 is 24.6 Å². The molecule has 2 N–H and O–H groups in total. The quantitative estimate of drug-likeness (QED) is 0.285. The molecule has 0 saturated carbocycles. The van der Waals surface area contributed by atoms with Crippen LogP contribution in [0.1, 0.15) is 27.7 Å². The summed E-state index contributed by atoms with van der Waals surface area (Å²) in [5, 5.41) is 14.8. The molecule has 3 aromatic carbocycles. The molecule has 0 amide bonds. The van der Waals surface area contributed by atoms with E-state index in [1.165, 1.54) is 13.8 Å². The molecule has 0 bridgehead atoms. The van der Waals surface area contributed by atoms with E-state index in [1.807, 2.05) is 54.6 Å². The summed E-state index contributed by atoms with van der Waals surface area (Å²) in [6.07, 6.45) is 0. The zero-order valence-electron chi connectivity index (χ0n) is 21.7. The second kappa shape index (κ2) is 11.0. The van der Waals surface area contributed by atoms with E-state index in [-0.39, 0.29) is 5.78 Å². The molecule has 39 heavy (non-hydrogen) atoms. The zero-order valence-corrected chi connectivity index (χ0v) is 21.7. The molecule has 7 rings (SSSR count). The Kier molecular flexibility index (Phi) is 7.52. The van der Waals surface area contributed by atoms with E-state index in [9.17, 15) is 4.79 Å². The van der Waals surface area contributed by atoms with Crippen molar-refractivity contribution in [3.8, 4) is 0 Å². The van der Waals surface area contributed by atoms with Crippen molar-refractivity contribution in [1.29, 1.82) is 0 Å². The van der Waals surface area contributed by atoms with E-state index < -0.39 is 11.9 Å². The fourth-order valence-corrected chi connectivity index (χ4v) is 4.08. The maximum absolute atomic E-state index is 9.44. The Balaban J connectivity index is 0.000000253. The molecule has 198 valence electrons. The SMILES string of the molecule is CC(=O)O.CC(=O)O.CC(C)=O.c1ccc2c(c1)nc1n2c2nc3ccccc3n2c2nc3ccccc3n12. The Bertz CT molecular complexity index is 1730. The summed E-state index contributed by atoms with van der Waals surface area (Å²) >= 11 is 0. The predicted octanol–water partition coefficient (Wildman–Crippen LogP) is 4.87. The lowest BCUT2D eigenvalue weighted by Crippen LogP contribution is -2.03. The van der Waals surface area contributed by atoms with Gasteiger partial charge in [-0.1, -0.05) is 36.4 Å². The smallest absolute Gasteiger partial charge is 0.300 e. The van der Waals surface area contributed by atoms with Crippen LogP contribution >= 0.6 is 0 Å². The van der Waals surface area contributed by atoms with Crippen LogP contribution in [0.3, 0.4) is 0 Å². The number of aliphatic carboxylic acids is 2. The van der Waals surface area contributed by atoms with Crippen molar-refractivity contribution >= 4 is 68.2 Å². The lowest BCUT2D eigenvalue weighted by Gasteiger charge is -2.05. The van der Waals surface area contributed by atoms with Crippen LogP contribution in [-0.2, 0) is 14.4 Å². The summed E-state index contributed by atoms with van der Waals surface area (Å²) in [6, 6.07) is 24.5. The molecule has 11 nitrogen and oxygen atoms in total. The first-order valence-corrected chi connectivity index (χ1v) is 11.9. The minimum Gasteiger partial charge on any atom is -0.481 e. The van der Waals surface area contributed by atoms with Crippen LogP contribution in [0.25, 0.3) is 50.4 Å². The Labute approximate surface area is 221 Å². The van der Waals surface area contributed by atoms with Gasteiger partial charge in [0, 0.05) is 13.8 Å². The number of carboxylic acid groups (broad SMARTS) is 2. The summed E-state index contributed by atoms with van der Waals surface area (Å²) < 4.78 is 6.36. The highest BCUT2D eigenvalue weighted by Gasteiger charge is 2.19. The monoisotopic (exact) mass is 526 g/mol. The number of imidazole rings is 3. The van der Waals surface area contributed by atoms with Crippen molar-refractivity contribution in [2.24, 2.45) is 0 Å². The Morgan fingerprint density at radius 2 is 0.718 bits per heavy atom. The number of nitrogens with zero attached hydrogens (tertiary/aromatic N) is 6. The van der Waals surface area contributed by atoms with Crippen LogP contribution < -0.4 is 0 Å². The van der Waals surface area contributed by atoms with Crippen molar-refractivity contribution in [2.45, 2.75) is 27.7 Å². The number of Topliss-reactive ketones (excluding diaryl/α,β-unsaturated/α-hetero) is 1. The van der Waals surface area contributed by atoms with E-state index >= 15 is 0 Å². The zero-order chi connectivity index (χ0) is 28.3. The molecule has 0 aliphatic rings. The fourth-order valence-electron chi connectivity index (χ4n) is 4.08. The number of hydrogen-bond donors (Lipinski definition) is 2. The summed E-state index contributed by atoms with van der Waals surface area (Å²) in [6.45, 7) is 5.22. The molecular weight excluding hydrogens is 500 g/mol. The number of para-hydroxylation sites is 6. The second-order valence-electron chi connectivity index (χ2n) is 8.65. The maximum Gasteiger partial charge on any atom is 0.300 e. The van der Waals surface area contributed by atoms with Crippen molar-refractivity contribution in [3.63, 3.8) is 0 Å². The van der Waals surface area contributed by atoms with Crippen molar-refractivity contribution in [1.82, 2.24) is 28.2 Å². The molecule has 4 heterocycles. The highest BCUT2D eigenvalue weighted by molar-refractivity contribution is 5.91. The molecule has 0 aliphatic carbocycles. The highest BCUT2D eigenvalue weighted by Crippen LogP contribution is 2.27. The number of ketones is 1. The van der Waals surface area contributed by atoms with Crippen LogP contribution in [0.5, 0.6) is 0 Å². The molecule has 4 aromatic heterocycles. The van der Waals surface area contributed by atoms with E-state index in [2.05, 4.69) is 31.4 Å². The minimum absolute atomic E-state index is 0.167. The largest absolute Gasteiger partial charge is 0.481 e. The van der Waals surface area contributed by atoms with Crippen LogP contribution in [0, 0.1) is 0 Å². The number of carbonyl (C=O) groups is 3. The highest BCUT2D eigenvalue weighted by atomic mass is 16.4. The lowest BCUT2D eigenvalue weighted by atomic mass is 10.3. The first-order chi connectivity index (χ1) is 18.6. The van der Waals surface area contributed by atoms with Crippen LogP contribution in [-0.4, -0.2) is 56.1 Å². The third-order valence-corrected chi connectivity index (χ3v) is 5.23. The second-order valence-corrected chi connectivity index (χ2v) is 8.65. The fraction of sp³-hybridized carbons (Fsp3) is 0.143. The summed E-state index contributed by atoms with van der Waals surface area (Å²) in [5.74, 6) is 0.966. The van der Waals surface area contributed by atoms with Gasteiger partial charge in [0.05, 0.1) is 33.1 Å². The van der Waals surface area contributed by atoms with Crippen LogP contribution in [0.2, 0.25) is 0 Å². The molecule has 11 heteroatoms. The van der Waals surface area contributed by atoms with Gasteiger partial charge in [-0.05, 0) is 50.2 Å².